The van der Waals surface area contributed by atoms with Gasteiger partial charge >= 0.3 is 16.8 Å². The van der Waals surface area contributed by atoms with E-state index in [0.717, 1.165) is 24.3 Å². The van der Waals surface area contributed by atoms with Gasteiger partial charge in [0.05, 0.1) is 23.3 Å². The molecule has 1 radical (unpaired) electrons. The molecule has 0 saturated heterocycles. The Bertz CT molecular complexity index is 2610. The van der Waals surface area contributed by atoms with Crippen LogP contribution in [0, 0.1) is 46.5 Å². The zero-order chi connectivity index (χ0) is 33.2. The molecule has 2 aliphatic heterocycles. The molecule has 0 unspecified atom stereocenters. The van der Waals surface area contributed by atoms with Gasteiger partial charge in [-0.3, -0.25) is 0 Å². The van der Waals surface area contributed by atoms with Crippen molar-refractivity contribution in [1.82, 2.24) is 39.9 Å². The number of benzene rings is 4. The predicted molar refractivity (Wildman–Crippen MR) is 154 cm³/mol. The smallest absolute Gasteiger partial charge is 0.357 e. The number of fused-ring (bicyclic) bond motifs is 20. The van der Waals surface area contributed by atoms with Gasteiger partial charge in [0.1, 0.15) is 46.5 Å². The Balaban J connectivity index is 0.00000348. The van der Waals surface area contributed by atoms with Crippen molar-refractivity contribution in [3.63, 3.8) is 0 Å². The van der Waals surface area contributed by atoms with Gasteiger partial charge in [0.2, 0.25) is 0 Å². The molecule has 241 valence electrons. The van der Waals surface area contributed by atoms with E-state index in [2.05, 4.69) is 39.9 Å². The van der Waals surface area contributed by atoms with Crippen molar-refractivity contribution in [2.45, 2.75) is 0 Å². The van der Waals surface area contributed by atoms with E-state index >= 15 is 17.6 Å². The van der Waals surface area contributed by atoms with E-state index in [9.17, 15) is 17.6 Å². The standard InChI is InChI=1S/C32H8F8N8.Co/c33-9-1-13-21(17(37)5-9)29-41-25(13)45-30-22-14(2-10(34)6-18(22)38)27(42-30)47-32-24-16(4-12(36)8-20(24)40)28(44-32)48-31-23-15(26(43-31)46-29)3-11(35)7-19(23)39;/h1-8H;/q-2;+2. The summed E-state index contributed by atoms with van der Waals surface area (Å²) in [6.45, 7) is 0. The topological polar surface area (TPSA) is 106 Å². The zero-order valence-electron chi connectivity index (χ0n) is 23.6. The third kappa shape index (κ3) is 4.56. The quantitative estimate of drug-likeness (QED) is 0.152. The first-order valence-corrected chi connectivity index (χ1v) is 13.7. The van der Waals surface area contributed by atoms with Gasteiger partial charge in [0.15, 0.2) is 0 Å². The molecule has 0 amide bonds. The van der Waals surface area contributed by atoms with Crippen molar-refractivity contribution < 1.29 is 51.9 Å². The minimum absolute atomic E-state index is 0. The van der Waals surface area contributed by atoms with Crippen LogP contribution in [0.2, 0.25) is 0 Å². The summed E-state index contributed by atoms with van der Waals surface area (Å²) < 4.78 is 119. The molecule has 2 aliphatic rings. The summed E-state index contributed by atoms with van der Waals surface area (Å²) in [6.07, 6.45) is 0. The summed E-state index contributed by atoms with van der Waals surface area (Å²) in [6, 6.07) is 5.69. The summed E-state index contributed by atoms with van der Waals surface area (Å²) in [5.41, 5.74) is -3.00. The van der Waals surface area contributed by atoms with Crippen LogP contribution in [-0.2, 0) is 16.8 Å². The fourth-order valence-corrected chi connectivity index (χ4v) is 5.84. The Labute approximate surface area is 276 Å². The largest absolute Gasteiger partial charge is 2.00 e. The zero-order valence-corrected chi connectivity index (χ0v) is 24.6. The molecule has 4 aromatic carbocycles. The maximum Gasteiger partial charge on any atom is 2.00 e. The van der Waals surface area contributed by atoms with E-state index < -0.39 is 92.4 Å². The van der Waals surface area contributed by atoms with Crippen LogP contribution in [0.4, 0.5) is 35.1 Å². The van der Waals surface area contributed by atoms with Crippen LogP contribution in [0.5, 0.6) is 0 Å². The van der Waals surface area contributed by atoms with Crippen molar-refractivity contribution in [1.29, 1.82) is 0 Å². The minimum atomic E-state index is -1.14. The molecular weight excluding hydrogens is 707 g/mol. The second-order valence-electron chi connectivity index (χ2n) is 10.7. The van der Waals surface area contributed by atoms with Crippen molar-refractivity contribution in [2.75, 3.05) is 0 Å². The van der Waals surface area contributed by atoms with E-state index in [1.54, 1.807) is 0 Å². The number of aromatic nitrogens is 8. The molecule has 0 N–H and O–H groups in total. The molecule has 0 spiro atoms. The van der Waals surface area contributed by atoms with Crippen LogP contribution < -0.4 is 9.97 Å². The van der Waals surface area contributed by atoms with Crippen molar-refractivity contribution >= 4 is 44.1 Å². The van der Waals surface area contributed by atoms with Crippen LogP contribution in [0.1, 0.15) is 0 Å². The Morgan fingerprint density at radius 1 is 0.367 bits per heavy atom. The van der Waals surface area contributed by atoms with E-state index in [-0.39, 0.29) is 60.6 Å². The van der Waals surface area contributed by atoms with Crippen LogP contribution in [0.25, 0.3) is 89.7 Å². The van der Waals surface area contributed by atoms with Crippen LogP contribution in [0.15, 0.2) is 48.5 Å². The van der Waals surface area contributed by atoms with Crippen molar-refractivity contribution in [3.8, 4) is 45.6 Å². The Hall–Kier alpha value is -5.81. The fraction of sp³-hybridized carbons (Fsp3) is 0. The number of halogens is 8. The predicted octanol–water partition coefficient (Wildman–Crippen LogP) is 7.24. The molecule has 3 aromatic heterocycles. The number of hydrogen-bond acceptors (Lipinski definition) is 6. The molecule has 8 nitrogen and oxygen atoms in total. The van der Waals surface area contributed by atoms with Gasteiger partial charge in [-0.05, 0) is 24.3 Å². The maximum absolute atomic E-state index is 15.3. The van der Waals surface area contributed by atoms with Gasteiger partial charge in [-0.25, -0.2) is 45.1 Å². The summed E-state index contributed by atoms with van der Waals surface area (Å²) in [5, 5.41) is -1.25. The molecule has 49 heavy (non-hydrogen) atoms. The summed E-state index contributed by atoms with van der Waals surface area (Å²) in [4.78, 5) is 33.8. The molecule has 5 heterocycles. The Morgan fingerprint density at radius 2 is 0.714 bits per heavy atom. The second kappa shape index (κ2) is 10.6. The average molecular weight is 715 g/mol. The third-order valence-electron chi connectivity index (χ3n) is 7.77. The average Bonchev–Trinajstić information content (AvgIpc) is 3.72. The second-order valence-corrected chi connectivity index (χ2v) is 10.7. The van der Waals surface area contributed by atoms with Crippen molar-refractivity contribution in [3.05, 3.63) is 95.1 Å². The molecular formula is C32H8CoF8N8. The number of nitrogens with zero attached hydrogens (tertiary/aromatic N) is 8. The third-order valence-corrected chi connectivity index (χ3v) is 7.77. The number of hydrogen-bond donors (Lipinski definition) is 0. The van der Waals surface area contributed by atoms with Gasteiger partial charge in [0.25, 0.3) is 0 Å². The van der Waals surface area contributed by atoms with Gasteiger partial charge in [-0.1, -0.05) is 0 Å². The Kier molecular flexibility index (Phi) is 6.60. The maximum atomic E-state index is 15.3. The van der Waals surface area contributed by atoms with Gasteiger partial charge < -0.3 is 29.9 Å². The molecule has 7 aromatic rings. The first-order chi connectivity index (χ1) is 23.0. The van der Waals surface area contributed by atoms with E-state index in [1.807, 2.05) is 0 Å². The first-order valence-electron chi connectivity index (χ1n) is 13.7. The Morgan fingerprint density at radius 3 is 1.12 bits per heavy atom. The molecule has 0 fully saturated rings. The summed E-state index contributed by atoms with van der Waals surface area (Å²) in [5.74, 6) is -10.4. The summed E-state index contributed by atoms with van der Waals surface area (Å²) >= 11 is 0. The van der Waals surface area contributed by atoms with E-state index in [4.69, 9.17) is 0 Å². The summed E-state index contributed by atoms with van der Waals surface area (Å²) in [7, 11) is 0. The van der Waals surface area contributed by atoms with E-state index in [1.165, 1.54) is 0 Å². The van der Waals surface area contributed by atoms with Crippen molar-refractivity contribution in [2.24, 2.45) is 0 Å². The van der Waals surface area contributed by atoms with Crippen LogP contribution in [0.3, 0.4) is 0 Å². The molecule has 0 aliphatic carbocycles. The first kappa shape index (κ1) is 30.5. The van der Waals surface area contributed by atoms with Gasteiger partial charge in [-0.2, -0.15) is 0 Å². The monoisotopic (exact) mass is 715 g/mol. The van der Waals surface area contributed by atoms with Gasteiger partial charge in [-0.15, -0.1) is 0 Å². The molecule has 0 atom stereocenters. The molecule has 8 bridgehead atoms. The van der Waals surface area contributed by atoms with Crippen LogP contribution in [-0.4, -0.2) is 29.9 Å². The number of rotatable bonds is 0. The molecule has 0 saturated carbocycles. The minimum Gasteiger partial charge on any atom is -0.357 e. The molecule has 17 heteroatoms. The van der Waals surface area contributed by atoms with Crippen LogP contribution >= 0.6 is 0 Å². The SMILES string of the molecule is Fc1cc(F)c2c(c1)-c1nc-2nc2[n-]c(nc3nc(nc4[n-]c(n1)c1c(F)cc(F)cc41)-c1c(F)cc(F)cc1-3)c1c(F)cc(F)cc21.[Co+2]. The van der Waals surface area contributed by atoms with E-state index in [0.29, 0.717) is 24.3 Å². The fourth-order valence-electron chi connectivity index (χ4n) is 5.84. The normalized spacial score (nSPS) is 11.9. The molecule has 9 rings (SSSR count). The van der Waals surface area contributed by atoms with Gasteiger partial charge in [0, 0.05) is 90.7 Å².